The lowest BCUT2D eigenvalue weighted by molar-refractivity contribution is -0.123. The highest BCUT2D eigenvalue weighted by Crippen LogP contribution is 2.28. The molecule has 9 heteroatoms. The highest BCUT2D eigenvalue weighted by molar-refractivity contribution is 7.92. The van der Waals surface area contributed by atoms with Crippen LogP contribution < -0.4 is 20.3 Å². The average Bonchev–Trinajstić information content (AvgIpc) is 3.52. The lowest BCUT2D eigenvalue weighted by Crippen LogP contribution is -2.42. The predicted octanol–water partition coefficient (Wildman–Crippen LogP) is 2.06. The summed E-state index contributed by atoms with van der Waals surface area (Å²) in [6.07, 6.45) is 1.68. The van der Waals surface area contributed by atoms with Crippen molar-refractivity contribution in [2.24, 2.45) is 5.92 Å². The molecule has 0 radical (unpaired) electrons. The standard InChI is InChI=1S/C19H21N3O5S/c1-2-27-16-9-11-17(12-10-16)28(25,26)22-15-7-5-14(6-8-15)19(24)21-20-18(23)13-3-4-13/h5-13,22H,2-4H2,1H3,(H,20,23)(H,21,24). The van der Waals surface area contributed by atoms with Gasteiger partial charge in [-0.1, -0.05) is 0 Å². The summed E-state index contributed by atoms with van der Waals surface area (Å²) in [5.41, 5.74) is 5.31. The third-order valence-corrected chi connectivity index (χ3v) is 5.49. The number of amides is 2. The Morgan fingerprint density at radius 2 is 1.64 bits per heavy atom. The number of nitrogens with one attached hydrogen (secondary N) is 3. The topological polar surface area (TPSA) is 114 Å². The molecule has 1 saturated carbocycles. The van der Waals surface area contributed by atoms with Crippen molar-refractivity contribution in [2.45, 2.75) is 24.7 Å². The van der Waals surface area contributed by atoms with Crippen LogP contribution in [-0.2, 0) is 14.8 Å². The maximum absolute atomic E-state index is 12.5. The van der Waals surface area contributed by atoms with E-state index in [-0.39, 0.29) is 16.7 Å². The molecular formula is C19H21N3O5S. The van der Waals surface area contributed by atoms with Gasteiger partial charge in [-0.3, -0.25) is 25.2 Å². The molecule has 1 fully saturated rings. The third kappa shape index (κ3) is 5.01. The molecule has 0 aliphatic heterocycles. The summed E-state index contributed by atoms with van der Waals surface area (Å²) >= 11 is 0. The number of benzene rings is 2. The van der Waals surface area contributed by atoms with Crippen molar-refractivity contribution in [1.29, 1.82) is 0 Å². The Balaban J connectivity index is 1.60. The SMILES string of the molecule is CCOc1ccc(S(=O)(=O)Nc2ccc(C(=O)NNC(=O)C3CC3)cc2)cc1. The van der Waals surface area contributed by atoms with Gasteiger partial charge in [0.1, 0.15) is 5.75 Å². The number of carbonyl (C=O) groups excluding carboxylic acids is 2. The third-order valence-electron chi connectivity index (χ3n) is 4.09. The molecule has 2 aromatic carbocycles. The van der Waals surface area contributed by atoms with E-state index in [0.29, 0.717) is 23.6 Å². The highest BCUT2D eigenvalue weighted by Gasteiger charge is 2.29. The zero-order valence-electron chi connectivity index (χ0n) is 15.3. The van der Waals surface area contributed by atoms with Crippen molar-refractivity contribution in [3.05, 3.63) is 54.1 Å². The van der Waals surface area contributed by atoms with E-state index in [1.807, 2.05) is 6.92 Å². The molecule has 8 nitrogen and oxygen atoms in total. The van der Waals surface area contributed by atoms with Gasteiger partial charge >= 0.3 is 0 Å². The molecule has 2 amide bonds. The minimum absolute atomic E-state index is 0.0142. The lowest BCUT2D eigenvalue weighted by atomic mass is 10.2. The van der Waals surface area contributed by atoms with E-state index in [1.54, 1.807) is 12.1 Å². The van der Waals surface area contributed by atoms with Crippen LogP contribution in [0.4, 0.5) is 5.69 Å². The van der Waals surface area contributed by atoms with Crippen LogP contribution in [0, 0.1) is 5.92 Å². The molecule has 0 atom stereocenters. The van der Waals surface area contributed by atoms with Gasteiger partial charge in [0.25, 0.3) is 15.9 Å². The number of hydrazine groups is 1. The number of hydrogen-bond donors (Lipinski definition) is 3. The Labute approximate surface area is 163 Å². The number of carbonyl (C=O) groups is 2. The Kier molecular flexibility index (Phi) is 5.84. The van der Waals surface area contributed by atoms with Gasteiger partial charge in [-0.15, -0.1) is 0 Å². The van der Waals surface area contributed by atoms with Gasteiger partial charge in [0.15, 0.2) is 0 Å². The molecular weight excluding hydrogens is 382 g/mol. The maximum atomic E-state index is 12.5. The summed E-state index contributed by atoms with van der Waals surface area (Å²) in [6, 6.07) is 12.0. The summed E-state index contributed by atoms with van der Waals surface area (Å²) in [4.78, 5) is 23.7. The van der Waals surface area contributed by atoms with E-state index in [2.05, 4.69) is 15.6 Å². The molecule has 2 aromatic rings. The smallest absolute Gasteiger partial charge is 0.269 e. The molecule has 0 saturated heterocycles. The Morgan fingerprint density at radius 3 is 2.21 bits per heavy atom. The number of ether oxygens (including phenoxy) is 1. The zero-order chi connectivity index (χ0) is 20.1. The van der Waals surface area contributed by atoms with Crippen LogP contribution in [0.25, 0.3) is 0 Å². The summed E-state index contributed by atoms with van der Waals surface area (Å²) in [5.74, 6) is -0.103. The molecule has 3 rings (SSSR count). The molecule has 3 N–H and O–H groups in total. The number of hydrogen-bond acceptors (Lipinski definition) is 5. The van der Waals surface area contributed by atoms with Crippen molar-refractivity contribution in [3.63, 3.8) is 0 Å². The van der Waals surface area contributed by atoms with Crippen molar-refractivity contribution in [3.8, 4) is 5.75 Å². The predicted molar refractivity (Wildman–Crippen MR) is 103 cm³/mol. The van der Waals surface area contributed by atoms with Crippen LogP contribution in [-0.4, -0.2) is 26.8 Å². The van der Waals surface area contributed by atoms with Crippen LogP contribution in [0.15, 0.2) is 53.4 Å². The summed E-state index contributed by atoms with van der Waals surface area (Å²) in [7, 11) is -3.77. The van der Waals surface area contributed by atoms with E-state index >= 15 is 0 Å². The first-order valence-electron chi connectivity index (χ1n) is 8.85. The summed E-state index contributed by atoms with van der Waals surface area (Å²) in [5, 5.41) is 0. The maximum Gasteiger partial charge on any atom is 0.269 e. The normalized spacial score (nSPS) is 13.5. The van der Waals surface area contributed by atoms with Crippen molar-refractivity contribution < 1.29 is 22.7 Å². The van der Waals surface area contributed by atoms with E-state index in [9.17, 15) is 18.0 Å². The highest BCUT2D eigenvalue weighted by atomic mass is 32.2. The van der Waals surface area contributed by atoms with Crippen molar-refractivity contribution >= 4 is 27.5 Å². The van der Waals surface area contributed by atoms with Crippen LogP contribution in [0.1, 0.15) is 30.1 Å². The van der Waals surface area contributed by atoms with Gasteiger partial charge in [-0.25, -0.2) is 8.42 Å². The average molecular weight is 403 g/mol. The fourth-order valence-corrected chi connectivity index (χ4v) is 3.48. The zero-order valence-corrected chi connectivity index (χ0v) is 16.1. The quantitative estimate of drug-likeness (QED) is 0.613. The fourth-order valence-electron chi connectivity index (χ4n) is 2.42. The Hall–Kier alpha value is -3.07. The van der Waals surface area contributed by atoms with Crippen LogP contribution in [0.3, 0.4) is 0 Å². The first kappa shape index (κ1) is 19.7. The van der Waals surface area contributed by atoms with Gasteiger partial charge in [0, 0.05) is 17.2 Å². The number of rotatable bonds is 7. The molecule has 148 valence electrons. The van der Waals surface area contributed by atoms with Crippen LogP contribution >= 0.6 is 0 Å². The second kappa shape index (κ2) is 8.30. The molecule has 0 aromatic heterocycles. The van der Waals surface area contributed by atoms with E-state index in [4.69, 9.17) is 4.74 Å². The molecule has 1 aliphatic rings. The van der Waals surface area contributed by atoms with Crippen LogP contribution in [0.2, 0.25) is 0 Å². The molecule has 0 spiro atoms. The van der Waals surface area contributed by atoms with Gasteiger partial charge in [0.2, 0.25) is 5.91 Å². The Bertz CT molecular complexity index is 952. The monoisotopic (exact) mass is 403 g/mol. The largest absolute Gasteiger partial charge is 0.494 e. The minimum atomic E-state index is -3.77. The molecule has 1 aliphatic carbocycles. The molecule has 0 unspecified atom stereocenters. The van der Waals surface area contributed by atoms with Gasteiger partial charge in [-0.2, -0.15) is 0 Å². The van der Waals surface area contributed by atoms with Crippen LogP contribution in [0.5, 0.6) is 5.75 Å². The summed E-state index contributed by atoms with van der Waals surface area (Å²) < 4.78 is 32.7. The summed E-state index contributed by atoms with van der Waals surface area (Å²) in [6.45, 7) is 2.34. The van der Waals surface area contributed by atoms with E-state index < -0.39 is 15.9 Å². The molecule has 28 heavy (non-hydrogen) atoms. The fraction of sp³-hybridized carbons (Fsp3) is 0.263. The minimum Gasteiger partial charge on any atom is -0.494 e. The van der Waals surface area contributed by atoms with Gasteiger partial charge < -0.3 is 4.74 Å². The van der Waals surface area contributed by atoms with E-state index in [0.717, 1.165) is 12.8 Å². The lowest BCUT2D eigenvalue weighted by Gasteiger charge is -2.10. The first-order valence-corrected chi connectivity index (χ1v) is 10.3. The molecule has 0 bridgehead atoms. The molecule has 0 heterocycles. The van der Waals surface area contributed by atoms with Crippen molar-refractivity contribution in [1.82, 2.24) is 10.9 Å². The van der Waals surface area contributed by atoms with Gasteiger partial charge in [-0.05, 0) is 68.3 Å². The Morgan fingerprint density at radius 1 is 1.00 bits per heavy atom. The second-order valence-corrected chi connectivity index (χ2v) is 7.99. The second-order valence-electron chi connectivity index (χ2n) is 6.30. The van der Waals surface area contributed by atoms with E-state index in [1.165, 1.54) is 36.4 Å². The number of anilines is 1. The number of sulfonamides is 1. The van der Waals surface area contributed by atoms with Gasteiger partial charge in [0.05, 0.1) is 11.5 Å². The van der Waals surface area contributed by atoms with Crippen molar-refractivity contribution in [2.75, 3.05) is 11.3 Å². The first-order chi connectivity index (χ1) is 13.4.